The average Bonchev–Trinajstić information content (AvgIpc) is 3.08. The van der Waals surface area contributed by atoms with E-state index in [1.54, 1.807) is 6.33 Å². The number of hydrogen-bond acceptors (Lipinski definition) is 4. The molecule has 1 aromatic heterocycles. The monoisotopic (exact) mass is 377 g/mol. The van der Waals surface area contributed by atoms with Gasteiger partial charge in [-0.2, -0.15) is 0 Å². The molecule has 1 aliphatic heterocycles. The van der Waals surface area contributed by atoms with E-state index in [1.807, 2.05) is 0 Å². The summed E-state index contributed by atoms with van der Waals surface area (Å²) < 4.78 is 2.09. The first-order valence-electron chi connectivity index (χ1n) is 10.7. The molecule has 1 fully saturated rings. The standard InChI is InChI=1S/C20H39N7/c1-5-19-25-24-16-27(19)12-10-23-20(21-6-2)22-9-7-8-11-26-14-17(3)13-18(4)15-26/h16-18H,5-15H2,1-4H3,(H2,21,22,23). The first-order valence-corrected chi connectivity index (χ1v) is 10.7. The first-order chi connectivity index (χ1) is 13.1. The van der Waals surface area contributed by atoms with Crippen molar-refractivity contribution in [2.24, 2.45) is 16.8 Å². The van der Waals surface area contributed by atoms with Crippen molar-refractivity contribution in [1.82, 2.24) is 30.3 Å². The molecule has 154 valence electrons. The van der Waals surface area contributed by atoms with Crippen molar-refractivity contribution in [3.8, 4) is 0 Å². The molecule has 0 saturated carbocycles. The average molecular weight is 378 g/mol. The number of rotatable bonds is 10. The summed E-state index contributed by atoms with van der Waals surface area (Å²) in [7, 11) is 0. The second-order valence-electron chi connectivity index (χ2n) is 7.89. The fourth-order valence-electron chi connectivity index (χ4n) is 3.99. The molecule has 7 nitrogen and oxygen atoms in total. The van der Waals surface area contributed by atoms with Crippen molar-refractivity contribution in [1.29, 1.82) is 0 Å². The lowest BCUT2D eigenvalue weighted by Gasteiger charge is -2.34. The van der Waals surface area contributed by atoms with Gasteiger partial charge in [-0.25, -0.2) is 0 Å². The Morgan fingerprint density at radius 2 is 1.93 bits per heavy atom. The molecular weight excluding hydrogens is 338 g/mol. The largest absolute Gasteiger partial charge is 0.357 e. The molecule has 2 N–H and O–H groups in total. The van der Waals surface area contributed by atoms with Crippen LogP contribution in [0.25, 0.3) is 0 Å². The number of aryl methyl sites for hydroxylation is 1. The highest BCUT2D eigenvalue weighted by molar-refractivity contribution is 5.79. The van der Waals surface area contributed by atoms with E-state index >= 15 is 0 Å². The summed E-state index contributed by atoms with van der Waals surface area (Å²) in [5, 5.41) is 14.8. The van der Waals surface area contributed by atoms with E-state index in [1.165, 1.54) is 32.5 Å². The first kappa shape index (κ1) is 21.7. The molecule has 27 heavy (non-hydrogen) atoms. The zero-order chi connectivity index (χ0) is 19.5. The van der Waals surface area contributed by atoms with Crippen molar-refractivity contribution in [2.75, 3.05) is 39.3 Å². The van der Waals surface area contributed by atoms with Crippen LogP contribution in [0.4, 0.5) is 0 Å². The van der Waals surface area contributed by atoms with Crippen LogP contribution >= 0.6 is 0 Å². The topological polar surface area (TPSA) is 70.4 Å². The van der Waals surface area contributed by atoms with Crippen molar-refractivity contribution in [3.63, 3.8) is 0 Å². The molecule has 0 radical (unpaired) electrons. The van der Waals surface area contributed by atoms with Gasteiger partial charge in [0.25, 0.3) is 0 Å². The van der Waals surface area contributed by atoms with Gasteiger partial charge in [0.1, 0.15) is 12.2 Å². The number of nitrogens with zero attached hydrogens (tertiary/aromatic N) is 5. The molecule has 7 heteroatoms. The highest BCUT2D eigenvalue weighted by Crippen LogP contribution is 2.20. The van der Waals surface area contributed by atoms with Crippen molar-refractivity contribution < 1.29 is 0 Å². The zero-order valence-corrected chi connectivity index (χ0v) is 17.7. The number of piperidine rings is 1. The third-order valence-corrected chi connectivity index (χ3v) is 5.10. The van der Waals surface area contributed by atoms with Crippen LogP contribution < -0.4 is 10.6 Å². The minimum Gasteiger partial charge on any atom is -0.357 e. The smallest absolute Gasteiger partial charge is 0.191 e. The Bertz CT molecular complexity index is 544. The SMILES string of the molecule is CCNC(=NCCCCN1CC(C)CC(C)C1)NCCn1cnnc1CC. The fourth-order valence-corrected chi connectivity index (χ4v) is 3.99. The van der Waals surface area contributed by atoms with Gasteiger partial charge in [0.05, 0.1) is 0 Å². The molecule has 0 amide bonds. The van der Waals surface area contributed by atoms with Crippen LogP contribution in [0.15, 0.2) is 11.3 Å². The van der Waals surface area contributed by atoms with Crippen LogP contribution in [0.5, 0.6) is 0 Å². The molecule has 1 saturated heterocycles. The summed E-state index contributed by atoms with van der Waals surface area (Å²) >= 11 is 0. The van der Waals surface area contributed by atoms with E-state index in [2.05, 4.69) is 58.0 Å². The van der Waals surface area contributed by atoms with Gasteiger partial charge in [-0.15, -0.1) is 10.2 Å². The van der Waals surface area contributed by atoms with Gasteiger partial charge in [-0.1, -0.05) is 20.8 Å². The minimum atomic E-state index is 0.820. The molecule has 2 heterocycles. The molecule has 2 atom stereocenters. The molecule has 1 aromatic rings. The van der Waals surface area contributed by atoms with Crippen LogP contribution in [0.1, 0.15) is 52.8 Å². The van der Waals surface area contributed by atoms with Crippen molar-refractivity contribution in [3.05, 3.63) is 12.2 Å². The highest BCUT2D eigenvalue weighted by Gasteiger charge is 2.20. The number of hydrogen-bond donors (Lipinski definition) is 2. The number of guanidine groups is 1. The normalized spacial score (nSPS) is 21.4. The highest BCUT2D eigenvalue weighted by atomic mass is 15.3. The van der Waals surface area contributed by atoms with E-state index in [9.17, 15) is 0 Å². The van der Waals surface area contributed by atoms with Gasteiger partial charge < -0.3 is 20.1 Å². The molecule has 0 spiro atoms. The van der Waals surface area contributed by atoms with E-state index in [-0.39, 0.29) is 0 Å². The Balaban J connectivity index is 1.65. The molecular formula is C20H39N7. The second-order valence-corrected chi connectivity index (χ2v) is 7.89. The van der Waals surface area contributed by atoms with Crippen LogP contribution in [0.3, 0.4) is 0 Å². The second kappa shape index (κ2) is 12.0. The number of unbranched alkanes of at least 4 members (excludes halogenated alkanes) is 1. The Hall–Kier alpha value is -1.63. The molecule has 1 aliphatic rings. The summed E-state index contributed by atoms with van der Waals surface area (Å²) in [5.74, 6) is 3.62. The summed E-state index contributed by atoms with van der Waals surface area (Å²) in [6.07, 6.45) is 6.45. The number of likely N-dealkylation sites (tertiary alicyclic amines) is 1. The maximum Gasteiger partial charge on any atom is 0.191 e. The molecule has 0 aromatic carbocycles. The van der Waals surface area contributed by atoms with Gasteiger partial charge in [-0.05, 0) is 44.6 Å². The maximum atomic E-state index is 4.72. The summed E-state index contributed by atoms with van der Waals surface area (Å²) in [6, 6.07) is 0. The molecule has 2 rings (SSSR count). The van der Waals surface area contributed by atoms with Gasteiger partial charge >= 0.3 is 0 Å². The molecule has 0 bridgehead atoms. The lowest BCUT2D eigenvalue weighted by molar-refractivity contribution is 0.139. The van der Waals surface area contributed by atoms with Gasteiger partial charge in [-0.3, -0.25) is 4.99 Å². The Morgan fingerprint density at radius 3 is 2.63 bits per heavy atom. The maximum absolute atomic E-state index is 4.72. The minimum absolute atomic E-state index is 0.820. The predicted molar refractivity (Wildman–Crippen MR) is 112 cm³/mol. The third-order valence-electron chi connectivity index (χ3n) is 5.10. The lowest BCUT2D eigenvalue weighted by Crippen LogP contribution is -2.39. The van der Waals surface area contributed by atoms with Crippen LogP contribution in [0.2, 0.25) is 0 Å². The third kappa shape index (κ3) is 7.87. The van der Waals surface area contributed by atoms with Crippen LogP contribution in [-0.2, 0) is 13.0 Å². The predicted octanol–water partition coefficient (Wildman–Crippen LogP) is 2.15. The number of aromatic nitrogens is 3. The van der Waals surface area contributed by atoms with E-state index < -0.39 is 0 Å². The molecule has 0 aliphatic carbocycles. The van der Waals surface area contributed by atoms with Gasteiger partial charge in [0, 0.05) is 45.7 Å². The van der Waals surface area contributed by atoms with Crippen LogP contribution in [0, 0.1) is 11.8 Å². The zero-order valence-electron chi connectivity index (χ0n) is 17.7. The lowest BCUT2D eigenvalue weighted by atomic mass is 9.92. The van der Waals surface area contributed by atoms with E-state index in [4.69, 9.17) is 4.99 Å². The van der Waals surface area contributed by atoms with Gasteiger partial charge in [0.15, 0.2) is 5.96 Å². The summed E-state index contributed by atoms with van der Waals surface area (Å²) in [5.41, 5.74) is 0. The number of nitrogens with one attached hydrogen (secondary N) is 2. The quantitative estimate of drug-likeness (QED) is 0.371. The van der Waals surface area contributed by atoms with E-state index in [0.717, 1.165) is 62.6 Å². The Morgan fingerprint density at radius 1 is 1.15 bits per heavy atom. The molecule has 2 unspecified atom stereocenters. The number of aliphatic imine (C=N–C) groups is 1. The van der Waals surface area contributed by atoms with Crippen molar-refractivity contribution in [2.45, 2.75) is 59.9 Å². The summed E-state index contributed by atoms with van der Waals surface area (Å²) in [4.78, 5) is 7.36. The van der Waals surface area contributed by atoms with Crippen LogP contribution in [-0.4, -0.2) is 64.9 Å². The Kier molecular flexibility index (Phi) is 9.59. The van der Waals surface area contributed by atoms with E-state index in [0.29, 0.717) is 0 Å². The summed E-state index contributed by atoms with van der Waals surface area (Å²) in [6.45, 7) is 16.1. The fraction of sp³-hybridized carbons (Fsp3) is 0.850. The Labute approximate surface area is 165 Å². The van der Waals surface area contributed by atoms with Gasteiger partial charge in [0.2, 0.25) is 0 Å². The van der Waals surface area contributed by atoms with Crippen molar-refractivity contribution >= 4 is 5.96 Å².